The number of halogens is 1. The molecule has 2 atom stereocenters. The Morgan fingerprint density at radius 2 is 2.16 bits per heavy atom. The van der Waals surface area contributed by atoms with Gasteiger partial charge in [0.2, 0.25) is 11.8 Å². The first-order valence-electron chi connectivity index (χ1n) is 11.3. The molecule has 2 aliphatic rings. The zero-order chi connectivity index (χ0) is 26.1. The quantitative estimate of drug-likeness (QED) is 0.371. The van der Waals surface area contributed by atoms with Gasteiger partial charge < -0.3 is 29.6 Å². The van der Waals surface area contributed by atoms with Gasteiger partial charge in [-0.25, -0.2) is 14.2 Å². The molecule has 0 spiro atoms. The summed E-state index contributed by atoms with van der Waals surface area (Å²) in [5.74, 6) is -0.905. The molecule has 0 bridgehead atoms. The number of hydrogen-bond donors (Lipinski definition) is 1. The number of aromatic nitrogens is 3. The smallest absolute Gasteiger partial charge is 0.414 e. The molecule has 2 amide bonds. The number of imidazole rings is 1. The van der Waals surface area contributed by atoms with Gasteiger partial charge in [-0.2, -0.15) is 0 Å². The number of anilines is 1. The van der Waals surface area contributed by atoms with Crippen LogP contribution in [0, 0.1) is 15.9 Å². The first-order chi connectivity index (χ1) is 17.8. The molecule has 1 aromatic carbocycles. The van der Waals surface area contributed by atoms with Gasteiger partial charge in [0.15, 0.2) is 6.10 Å². The molecule has 192 valence electrons. The fourth-order valence-electron chi connectivity index (χ4n) is 4.04. The lowest BCUT2D eigenvalue weighted by atomic mass is 10.1. The van der Waals surface area contributed by atoms with E-state index in [4.69, 9.17) is 14.2 Å². The Bertz CT molecular complexity index is 1380. The first-order valence-corrected chi connectivity index (χ1v) is 11.3. The minimum absolute atomic E-state index is 0.109. The van der Waals surface area contributed by atoms with Crippen molar-refractivity contribution in [2.75, 3.05) is 24.6 Å². The molecule has 2 aliphatic heterocycles. The van der Waals surface area contributed by atoms with Gasteiger partial charge in [0.1, 0.15) is 24.7 Å². The van der Waals surface area contributed by atoms with E-state index in [1.165, 1.54) is 34.9 Å². The summed E-state index contributed by atoms with van der Waals surface area (Å²) in [5.41, 5.74) is 1.09. The molecule has 0 aliphatic carbocycles. The highest BCUT2D eigenvalue weighted by atomic mass is 19.1. The van der Waals surface area contributed by atoms with Crippen LogP contribution >= 0.6 is 0 Å². The molecule has 1 saturated heterocycles. The van der Waals surface area contributed by atoms with Crippen LogP contribution in [0.3, 0.4) is 0 Å². The monoisotopic (exact) mass is 512 g/mol. The van der Waals surface area contributed by atoms with Crippen molar-refractivity contribution in [1.29, 1.82) is 0 Å². The van der Waals surface area contributed by atoms with Crippen LogP contribution in [0.2, 0.25) is 0 Å². The number of ether oxygens (including phenoxy) is 3. The van der Waals surface area contributed by atoms with E-state index in [0.29, 0.717) is 11.3 Å². The van der Waals surface area contributed by atoms with E-state index in [1.807, 2.05) is 0 Å². The van der Waals surface area contributed by atoms with Crippen LogP contribution in [0.1, 0.15) is 6.92 Å². The van der Waals surface area contributed by atoms with Crippen molar-refractivity contribution < 1.29 is 33.1 Å². The molecule has 1 fully saturated rings. The lowest BCUT2D eigenvalue weighted by Gasteiger charge is -2.22. The summed E-state index contributed by atoms with van der Waals surface area (Å²) >= 11 is 0. The Morgan fingerprint density at radius 1 is 1.32 bits per heavy atom. The minimum atomic E-state index is -0.622. The van der Waals surface area contributed by atoms with E-state index in [9.17, 15) is 19.7 Å². The maximum Gasteiger partial charge on any atom is 0.414 e. The van der Waals surface area contributed by atoms with Crippen LogP contribution in [0.25, 0.3) is 11.1 Å². The Hall–Kier alpha value is -4.75. The number of carbonyl (C=O) groups is 2. The third-order valence-corrected chi connectivity index (χ3v) is 5.76. The van der Waals surface area contributed by atoms with Crippen LogP contribution < -0.4 is 19.7 Å². The van der Waals surface area contributed by atoms with Crippen LogP contribution in [-0.2, 0) is 16.1 Å². The van der Waals surface area contributed by atoms with Gasteiger partial charge in [-0.1, -0.05) is 0 Å². The second-order valence-corrected chi connectivity index (χ2v) is 8.44. The minimum Gasteiger partial charge on any atom is -0.469 e. The van der Waals surface area contributed by atoms with Crippen molar-refractivity contribution in [3.63, 3.8) is 0 Å². The number of benzene rings is 1. The second-order valence-electron chi connectivity index (χ2n) is 8.44. The number of carbonyl (C=O) groups excluding carboxylic acids is 2. The average molecular weight is 512 g/mol. The molecule has 1 N–H and O–H groups in total. The topological polar surface area (TPSA) is 151 Å². The maximum atomic E-state index is 15.1. The number of amides is 2. The van der Waals surface area contributed by atoms with Crippen LogP contribution in [-0.4, -0.2) is 63.4 Å². The van der Waals surface area contributed by atoms with Gasteiger partial charge >= 0.3 is 17.9 Å². The number of hydrogen-bond acceptors (Lipinski definition) is 9. The highest BCUT2D eigenvalue weighted by Crippen LogP contribution is 2.31. The first kappa shape index (κ1) is 24.0. The fourth-order valence-corrected chi connectivity index (χ4v) is 4.04. The van der Waals surface area contributed by atoms with E-state index in [-0.39, 0.29) is 55.4 Å². The van der Waals surface area contributed by atoms with Crippen LogP contribution in [0.4, 0.5) is 20.7 Å². The summed E-state index contributed by atoms with van der Waals surface area (Å²) in [7, 11) is 0. The van der Waals surface area contributed by atoms with Gasteiger partial charge in [-0.15, -0.1) is 0 Å². The molecule has 0 radical (unpaired) electrons. The van der Waals surface area contributed by atoms with Crippen molar-refractivity contribution in [2.24, 2.45) is 0 Å². The zero-order valence-corrected chi connectivity index (χ0v) is 19.5. The molecule has 14 heteroatoms. The van der Waals surface area contributed by atoms with Gasteiger partial charge in [0.05, 0.1) is 25.3 Å². The number of fused-ring (bicyclic) bond motifs is 1. The summed E-state index contributed by atoms with van der Waals surface area (Å²) in [6.07, 6.45) is 1.09. The zero-order valence-electron chi connectivity index (χ0n) is 19.5. The highest BCUT2D eigenvalue weighted by molar-refractivity contribution is 5.90. The molecular weight excluding hydrogens is 491 g/mol. The van der Waals surface area contributed by atoms with Crippen molar-refractivity contribution in [2.45, 2.75) is 25.7 Å². The second kappa shape index (κ2) is 9.72. The number of rotatable bonds is 7. The predicted molar refractivity (Wildman–Crippen MR) is 125 cm³/mol. The largest absolute Gasteiger partial charge is 0.469 e. The van der Waals surface area contributed by atoms with Crippen molar-refractivity contribution in [3.8, 4) is 23.0 Å². The van der Waals surface area contributed by atoms with Gasteiger partial charge in [0, 0.05) is 29.7 Å². The summed E-state index contributed by atoms with van der Waals surface area (Å²) in [6.45, 7) is 2.09. The number of nitro groups is 1. The van der Waals surface area contributed by atoms with Gasteiger partial charge in [-0.3, -0.25) is 14.3 Å². The van der Waals surface area contributed by atoms with E-state index in [2.05, 4.69) is 15.3 Å². The maximum absolute atomic E-state index is 15.1. The number of nitrogens with zero attached hydrogens (tertiary/aromatic N) is 5. The molecular formula is C23H21FN6O7. The van der Waals surface area contributed by atoms with E-state index >= 15 is 4.39 Å². The molecule has 13 nitrogen and oxygen atoms in total. The SMILES string of the molecule is CC(=O)NCC1CN(c2ccc(-c3ccnc(OC4COc5nc([N+](=O)[O-])cn5C4)c3)c(F)c2)C(=O)O1. The Labute approximate surface area is 208 Å². The average Bonchev–Trinajstić information content (AvgIpc) is 3.46. The number of pyridine rings is 1. The number of cyclic esters (lactones) is 1. The highest BCUT2D eigenvalue weighted by Gasteiger charge is 2.33. The van der Waals surface area contributed by atoms with Crippen LogP contribution in [0.15, 0.2) is 42.7 Å². The molecule has 37 heavy (non-hydrogen) atoms. The van der Waals surface area contributed by atoms with Crippen LogP contribution in [0.5, 0.6) is 11.9 Å². The van der Waals surface area contributed by atoms with E-state index in [0.717, 1.165) is 0 Å². The number of nitrogens with one attached hydrogen (secondary N) is 1. The summed E-state index contributed by atoms with van der Waals surface area (Å²) in [6, 6.07) is 7.70. The Morgan fingerprint density at radius 3 is 2.92 bits per heavy atom. The third kappa shape index (κ3) is 5.12. The predicted octanol–water partition coefficient (Wildman–Crippen LogP) is 2.29. The molecule has 5 rings (SSSR count). The Kier molecular flexibility index (Phi) is 6.29. The van der Waals surface area contributed by atoms with E-state index in [1.54, 1.807) is 24.3 Å². The molecule has 2 aromatic heterocycles. The van der Waals surface area contributed by atoms with Crippen molar-refractivity contribution in [3.05, 3.63) is 58.7 Å². The van der Waals surface area contributed by atoms with Crippen molar-refractivity contribution in [1.82, 2.24) is 19.9 Å². The molecule has 0 saturated carbocycles. The summed E-state index contributed by atoms with van der Waals surface area (Å²) < 4.78 is 33.2. The lowest BCUT2D eigenvalue weighted by molar-refractivity contribution is -0.389. The van der Waals surface area contributed by atoms with Gasteiger partial charge in [0.25, 0.3) is 0 Å². The lowest BCUT2D eigenvalue weighted by Crippen LogP contribution is -2.34. The normalized spacial score (nSPS) is 18.5. The summed E-state index contributed by atoms with van der Waals surface area (Å²) in [4.78, 5) is 42.9. The van der Waals surface area contributed by atoms with E-state index < -0.39 is 29.0 Å². The summed E-state index contributed by atoms with van der Waals surface area (Å²) in [5, 5.41) is 13.5. The third-order valence-electron chi connectivity index (χ3n) is 5.76. The molecule has 4 heterocycles. The van der Waals surface area contributed by atoms with Gasteiger partial charge in [-0.05, 0) is 34.8 Å². The van der Waals surface area contributed by atoms with Crippen molar-refractivity contribution >= 4 is 23.5 Å². The Balaban J connectivity index is 1.27. The molecule has 3 aromatic rings. The standard InChI is InChI=1S/C23H21FN6O7/c1-13(31)26-8-16-10-29(23(32)37-16)15-2-3-18(19(24)7-15)14-4-5-25-21(6-14)36-17-9-28-11-20(30(33)34)27-22(28)35-12-17/h2-7,11,16-17H,8-10,12H2,1H3,(H,26,31). The molecule has 2 unspecified atom stereocenters. The fraction of sp³-hybridized carbons (Fsp3) is 0.304.